The number of phenols is 3. The molecule has 142 valence electrons. The number of carbonyl (C=O) groups is 2. The van der Waals surface area contributed by atoms with E-state index in [0.29, 0.717) is 0 Å². The Balaban J connectivity index is 2.50. The van der Waals surface area contributed by atoms with Gasteiger partial charge in [-0.1, -0.05) is 11.6 Å². The van der Waals surface area contributed by atoms with Crippen LogP contribution in [0.2, 0.25) is 5.02 Å². The van der Waals surface area contributed by atoms with E-state index in [1.165, 1.54) is 24.3 Å². The van der Waals surface area contributed by atoms with Gasteiger partial charge < -0.3 is 25.2 Å². The summed E-state index contributed by atoms with van der Waals surface area (Å²) in [5, 5.41) is 39.2. The SMILES string of the molecule is CC(C)Oc1c(/C=C/C(=O)c2ccc(Cl)cc2O)cc(C(=O)O)c(O)c1O. The maximum atomic E-state index is 12.3. The lowest BCUT2D eigenvalue weighted by molar-refractivity contribution is 0.0692. The van der Waals surface area contributed by atoms with Crippen LogP contribution in [0.15, 0.2) is 30.3 Å². The van der Waals surface area contributed by atoms with Crippen molar-refractivity contribution in [3.63, 3.8) is 0 Å². The molecule has 0 atom stereocenters. The Morgan fingerprint density at radius 1 is 1.07 bits per heavy atom. The van der Waals surface area contributed by atoms with Crippen molar-refractivity contribution in [1.29, 1.82) is 0 Å². The fourth-order valence-corrected chi connectivity index (χ4v) is 2.44. The zero-order valence-electron chi connectivity index (χ0n) is 14.4. The van der Waals surface area contributed by atoms with E-state index in [2.05, 4.69) is 0 Å². The Bertz CT molecular complexity index is 932. The first-order valence-corrected chi connectivity index (χ1v) is 8.19. The molecule has 4 N–H and O–H groups in total. The summed E-state index contributed by atoms with van der Waals surface area (Å²) in [7, 11) is 0. The average molecular weight is 393 g/mol. The van der Waals surface area contributed by atoms with Gasteiger partial charge in [0.1, 0.15) is 11.3 Å². The van der Waals surface area contributed by atoms with Gasteiger partial charge in [0.25, 0.3) is 0 Å². The molecule has 0 spiro atoms. The number of carboxylic acid groups (broad SMARTS) is 1. The van der Waals surface area contributed by atoms with Crippen molar-refractivity contribution in [2.24, 2.45) is 0 Å². The van der Waals surface area contributed by atoms with E-state index >= 15 is 0 Å². The first-order chi connectivity index (χ1) is 12.6. The molecule has 0 aliphatic heterocycles. The summed E-state index contributed by atoms with van der Waals surface area (Å²) >= 11 is 5.73. The van der Waals surface area contributed by atoms with Crippen molar-refractivity contribution >= 4 is 29.4 Å². The minimum atomic E-state index is -1.46. The van der Waals surface area contributed by atoms with Crippen molar-refractivity contribution in [1.82, 2.24) is 0 Å². The van der Waals surface area contributed by atoms with Gasteiger partial charge in [0.05, 0.1) is 11.7 Å². The number of benzene rings is 2. The van der Waals surface area contributed by atoms with Gasteiger partial charge in [0.2, 0.25) is 5.75 Å². The number of hydrogen-bond acceptors (Lipinski definition) is 6. The highest BCUT2D eigenvalue weighted by atomic mass is 35.5. The summed E-state index contributed by atoms with van der Waals surface area (Å²) in [6, 6.07) is 5.06. The van der Waals surface area contributed by atoms with Crippen LogP contribution in [0.5, 0.6) is 23.0 Å². The highest BCUT2D eigenvalue weighted by Crippen LogP contribution is 2.42. The van der Waals surface area contributed by atoms with Crippen LogP contribution in [0, 0.1) is 0 Å². The number of hydrogen-bond donors (Lipinski definition) is 4. The zero-order chi connectivity index (χ0) is 20.3. The summed E-state index contributed by atoms with van der Waals surface area (Å²) in [5.74, 6) is -4.10. The van der Waals surface area contributed by atoms with Crippen molar-refractivity contribution < 1.29 is 34.8 Å². The van der Waals surface area contributed by atoms with Crippen LogP contribution in [-0.4, -0.2) is 38.3 Å². The Labute approximate surface area is 159 Å². The minimum Gasteiger partial charge on any atom is -0.507 e. The normalized spacial score (nSPS) is 11.1. The molecule has 27 heavy (non-hydrogen) atoms. The molecule has 0 amide bonds. The number of carbonyl (C=O) groups excluding carboxylic acids is 1. The summed E-state index contributed by atoms with van der Waals surface area (Å²) in [4.78, 5) is 23.5. The van der Waals surface area contributed by atoms with Crippen LogP contribution >= 0.6 is 11.6 Å². The smallest absolute Gasteiger partial charge is 0.339 e. The van der Waals surface area contributed by atoms with Gasteiger partial charge in [-0.2, -0.15) is 0 Å². The Morgan fingerprint density at radius 3 is 2.30 bits per heavy atom. The van der Waals surface area contributed by atoms with Crippen molar-refractivity contribution in [3.05, 3.63) is 52.1 Å². The molecule has 2 rings (SSSR count). The molecule has 0 saturated carbocycles. The summed E-state index contributed by atoms with van der Waals surface area (Å²) in [6.45, 7) is 3.35. The van der Waals surface area contributed by atoms with Crippen molar-refractivity contribution in [2.45, 2.75) is 20.0 Å². The Kier molecular flexibility index (Phi) is 5.97. The number of allylic oxidation sites excluding steroid dienone is 1. The molecule has 0 fully saturated rings. The number of ketones is 1. The van der Waals surface area contributed by atoms with Crippen molar-refractivity contribution in [3.8, 4) is 23.0 Å². The number of ether oxygens (including phenoxy) is 1. The average Bonchev–Trinajstić information content (AvgIpc) is 2.57. The van der Waals surface area contributed by atoms with E-state index in [9.17, 15) is 24.9 Å². The number of halogens is 1. The number of rotatable bonds is 6. The number of carboxylic acids is 1. The zero-order valence-corrected chi connectivity index (χ0v) is 15.2. The lowest BCUT2D eigenvalue weighted by Gasteiger charge is -2.16. The highest BCUT2D eigenvalue weighted by Gasteiger charge is 2.22. The monoisotopic (exact) mass is 392 g/mol. The van der Waals surface area contributed by atoms with Gasteiger partial charge >= 0.3 is 5.97 Å². The fraction of sp³-hybridized carbons (Fsp3) is 0.158. The van der Waals surface area contributed by atoms with Gasteiger partial charge in [-0.25, -0.2) is 4.79 Å². The van der Waals surface area contributed by atoms with Crippen LogP contribution in [0.4, 0.5) is 0 Å². The lowest BCUT2D eigenvalue weighted by atomic mass is 10.0. The van der Waals surface area contributed by atoms with Gasteiger partial charge in [-0.3, -0.25) is 4.79 Å². The van der Waals surface area contributed by atoms with E-state index in [1.807, 2.05) is 0 Å². The second kappa shape index (κ2) is 8.01. The van der Waals surface area contributed by atoms with E-state index in [-0.39, 0.29) is 27.6 Å². The molecule has 0 radical (unpaired) electrons. The molecule has 8 heteroatoms. The maximum absolute atomic E-state index is 12.3. The Hall–Kier alpha value is -3.19. The highest BCUT2D eigenvalue weighted by molar-refractivity contribution is 6.31. The minimum absolute atomic E-state index is 0.0107. The van der Waals surface area contributed by atoms with Gasteiger partial charge in [-0.05, 0) is 50.3 Å². The fourth-order valence-electron chi connectivity index (χ4n) is 2.28. The predicted octanol–water partition coefficient (Wildman–Crippen LogP) is 3.84. The molecular weight excluding hydrogens is 376 g/mol. The second-order valence-electron chi connectivity index (χ2n) is 5.87. The summed E-state index contributed by atoms with van der Waals surface area (Å²) in [5.41, 5.74) is -0.494. The summed E-state index contributed by atoms with van der Waals surface area (Å²) in [6.07, 6.45) is 1.90. The largest absolute Gasteiger partial charge is 0.507 e. The van der Waals surface area contributed by atoms with Crippen LogP contribution in [0.3, 0.4) is 0 Å². The Morgan fingerprint density at radius 2 is 1.74 bits per heavy atom. The lowest BCUT2D eigenvalue weighted by Crippen LogP contribution is -2.08. The van der Waals surface area contributed by atoms with E-state index in [4.69, 9.17) is 21.4 Å². The molecule has 2 aromatic rings. The molecular formula is C19H17ClO7. The first kappa shape index (κ1) is 20.1. The topological polar surface area (TPSA) is 124 Å². The van der Waals surface area contributed by atoms with Gasteiger partial charge in [0.15, 0.2) is 17.3 Å². The van der Waals surface area contributed by atoms with E-state index < -0.39 is 34.9 Å². The summed E-state index contributed by atoms with van der Waals surface area (Å²) < 4.78 is 5.44. The van der Waals surface area contributed by atoms with E-state index in [0.717, 1.165) is 12.1 Å². The van der Waals surface area contributed by atoms with Crippen LogP contribution in [-0.2, 0) is 0 Å². The molecule has 0 unspecified atom stereocenters. The standard InChI is InChI=1S/C19H17ClO7/c1-9(2)27-18-10(7-13(19(25)26)16(23)17(18)24)3-6-14(21)12-5-4-11(20)8-15(12)22/h3-9,22-24H,1-2H3,(H,25,26)/b6-3+. The van der Waals surface area contributed by atoms with Crippen molar-refractivity contribution in [2.75, 3.05) is 0 Å². The molecule has 0 aliphatic rings. The number of phenolic OH excluding ortho intramolecular Hbond substituents is 2. The van der Waals surface area contributed by atoms with Gasteiger partial charge in [0, 0.05) is 10.6 Å². The van der Waals surface area contributed by atoms with Gasteiger partial charge in [-0.15, -0.1) is 0 Å². The van der Waals surface area contributed by atoms with Crippen LogP contribution in [0.1, 0.15) is 40.1 Å². The third-order valence-electron chi connectivity index (χ3n) is 3.48. The first-order valence-electron chi connectivity index (χ1n) is 7.81. The molecule has 0 heterocycles. The molecule has 7 nitrogen and oxygen atoms in total. The molecule has 2 aromatic carbocycles. The molecule has 0 aromatic heterocycles. The molecule has 0 bridgehead atoms. The second-order valence-corrected chi connectivity index (χ2v) is 6.31. The predicted molar refractivity (Wildman–Crippen MR) is 99.0 cm³/mol. The third kappa shape index (κ3) is 4.51. The van der Waals surface area contributed by atoms with Crippen LogP contribution < -0.4 is 4.74 Å². The number of aromatic carboxylic acids is 1. The quantitative estimate of drug-likeness (QED) is 0.334. The maximum Gasteiger partial charge on any atom is 0.339 e. The van der Waals surface area contributed by atoms with Crippen LogP contribution in [0.25, 0.3) is 6.08 Å². The number of aromatic hydroxyl groups is 3. The third-order valence-corrected chi connectivity index (χ3v) is 3.72. The molecule has 0 saturated heterocycles. The van der Waals surface area contributed by atoms with E-state index in [1.54, 1.807) is 13.8 Å². The molecule has 0 aliphatic carbocycles.